The lowest BCUT2D eigenvalue weighted by atomic mass is 9.85. The van der Waals surface area contributed by atoms with Gasteiger partial charge >= 0.3 is 0 Å². The van der Waals surface area contributed by atoms with Gasteiger partial charge in [-0.1, -0.05) is 35.3 Å². The molecule has 8 heterocycles. The molecule has 5 N–H and O–H groups in total. The smallest absolute Gasteiger partial charge is 0.260 e. The molecular weight excluding hydrogens is 1010 g/mol. The van der Waals surface area contributed by atoms with E-state index in [1.54, 1.807) is 67.1 Å². The first-order valence-corrected chi connectivity index (χ1v) is 26.9. The number of halogens is 3. The van der Waals surface area contributed by atoms with Crippen LogP contribution in [0.25, 0.3) is 33.1 Å². The van der Waals surface area contributed by atoms with E-state index in [-0.39, 0.29) is 53.4 Å². The second kappa shape index (κ2) is 20.7. The van der Waals surface area contributed by atoms with Gasteiger partial charge in [0.1, 0.15) is 5.82 Å². The van der Waals surface area contributed by atoms with Crippen molar-refractivity contribution in [3.05, 3.63) is 124 Å². The van der Waals surface area contributed by atoms with Gasteiger partial charge in [0.05, 0.1) is 21.8 Å². The van der Waals surface area contributed by atoms with Crippen LogP contribution < -0.4 is 4.72 Å². The lowest BCUT2D eigenvalue weighted by Crippen LogP contribution is -2.45. The third kappa shape index (κ3) is 10.7. The van der Waals surface area contributed by atoms with Crippen LogP contribution in [-0.2, 0) is 42.2 Å². The monoisotopic (exact) mass is 1060 g/mol. The van der Waals surface area contributed by atoms with Crippen LogP contribution >= 0.6 is 23.2 Å². The molecule has 2 aromatic carbocycles. The number of aliphatic hydroxyl groups is 1. The van der Waals surface area contributed by atoms with E-state index in [1.165, 1.54) is 32.9 Å². The molecule has 0 bridgehead atoms. The lowest BCUT2D eigenvalue weighted by molar-refractivity contribution is -0.00968. The Labute approximate surface area is 412 Å². The van der Waals surface area contributed by atoms with Crippen molar-refractivity contribution in [3.63, 3.8) is 0 Å². The fourth-order valence-corrected chi connectivity index (χ4v) is 13.1. The molecule has 2 saturated heterocycles. The molecule has 10 rings (SSSR count). The van der Waals surface area contributed by atoms with Gasteiger partial charge in [0.15, 0.2) is 32.0 Å². The molecule has 2 fully saturated rings. The van der Waals surface area contributed by atoms with E-state index in [4.69, 9.17) is 23.2 Å². The predicted octanol–water partition coefficient (Wildman–Crippen LogP) is 5.49. The predicted molar refractivity (Wildman–Crippen MR) is 261 cm³/mol. The molecule has 0 saturated carbocycles. The van der Waals surface area contributed by atoms with Crippen LogP contribution in [0.3, 0.4) is 0 Å². The molecule has 370 valence electrons. The van der Waals surface area contributed by atoms with E-state index in [1.807, 2.05) is 21.0 Å². The third-order valence-electron chi connectivity index (χ3n) is 12.3. The van der Waals surface area contributed by atoms with Crippen molar-refractivity contribution >= 4 is 86.4 Å². The molecule has 0 aliphatic carbocycles. The molecule has 6 aromatic heterocycles. The van der Waals surface area contributed by atoms with Gasteiger partial charge < -0.3 is 10.0 Å². The van der Waals surface area contributed by atoms with E-state index >= 15 is 0 Å². The number of pyridine rings is 3. The van der Waals surface area contributed by atoms with Crippen molar-refractivity contribution in [2.24, 2.45) is 0 Å². The van der Waals surface area contributed by atoms with Crippen LogP contribution in [-0.4, -0.2) is 136 Å². The zero-order chi connectivity index (χ0) is 50.0. The van der Waals surface area contributed by atoms with Gasteiger partial charge in [0.25, 0.3) is 30.1 Å². The van der Waals surface area contributed by atoms with Gasteiger partial charge in [-0.25, -0.2) is 49.3 Å². The Morgan fingerprint density at radius 3 is 1.64 bits per heavy atom. The highest BCUT2D eigenvalue weighted by Gasteiger charge is 2.39. The van der Waals surface area contributed by atoms with Gasteiger partial charge in [0.2, 0.25) is 0 Å². The molecule has 2 aliphatic rings. The number of rotatable bonds is 10. The molecule has 8 aromatic rings. The van der Waals surface area contributed by atoms with Crippen LogP contribution in [0.15, 0.2) is 106 Å². The zero-order valence-electron chi connectivity index (χ0n) is 37.9. The SMILES string of the molecule is CN(C)C1CCN(S(=O)(=O)c2[nH]nc3ncccc23)CC1.Cc1cc(Cl)cc(Cl)c1CNS(=O)(=O)c1[nH]nc2ncccc12.O=S(=O)(c1[nH]nc2ncccc12)N1CCC(O)(c2ccc(F)cc2)CC1. The minimum atomic E-state index is -3.79. The molecule has 0 spiro atoms. The number of aromatic amines is 3. The molecule has 0 radical (unpaired) electrons. The summed E-state index contributed by atoms with van der Waals surface area (Å²) in [5.41, 5.74) is 2.01. The Kier molecular flexibility index (Phi) is 15.0. The molecule has 0 amide bonds. The highest BCUT2D eigenvalue weighted by atomic mass is 35.5. The molecule has 70 heavy (non-hydrogen) atoms. The lowest BCUT2D eigenvalue weighted by Gasteiger charge is -2.37. The molecule has 0 unspecified atom stereocenters. The van der Waals surface area contributed by atoms with Crippen molar-refractivity contribution in [2.75, 3.05) is 40.3 Å². The van der Waals surface area contributed by atoms with Gasteiger partial charge in [-0.2, -0.15) is 23.9 Å². The standard InChI is InChI=1S/C17H17FN4O3S.C14H12Cl2N4O2S.C13H19N5O2S/c18-13-5-3-12(4-6-13)17(23)7-10-22(11-8-17)26(24,25)16-14-2-1-9-19-15(14)20-21-16;1-8-5-9(15)6-12(16)11(8)7-18-23(21,22)14-10-3-2-4-17-13(10)19-20-14;1-17(2)10-5-8-18(9-6-10)21(19,20)13-11-4-3-7-14-12(11)15-16-13/h1-6,9,23H,7-8,10-11H2,(H,19,20,21);2-6,18H,7H2,1H3,(H,17,19,20);3-4,7,10H,5-6,8-9H2,1-2H3,(H,14,15,16). The minimum absolute atomic E-state index is 0.00724. The maximum absolute atomic E-state index is 13.1. The third-order valence-corrected chi connectivity index (χ3v) is 17.9. The van der Waals surface area contributed by atoms with Crippen molar-refractivity contribution in [1.29, 1.82) is 0 Å². The summed E-state index contributed by atoms with van der Waals surface area (Å²) in [6.45, 7) is 3.23. The number of piperidine rings is 2. The van der Waals surface area contributed by atoms with E-state index in [2.05, 4.69) is 55.2 Å². The van der Waals surface area contributed by atoms with Gasteiger partial charge in [-0.15, -0.1) is 0 Å². The molecule has 20 nitrogen and oxygen atoms in total. The van der Waals surface area contributed by atoms with Crippen LogP contribution in [0.1, 0.15) is 42.4 Å². The van der Waals surface area contributed by atoms with E-state index < -0.39 is 35.7 Å². The Bertz CT molecular complexity index is 3470. The maximum atomic E-state index is 13.1. The Balaban J connectivity index is 0.000000142. The number of benzene rings is 2. The Morgan fingerprint density at radius 2 is 1.17 bits per heavy atom. The summed E-state index contributed by atoms with van der Waals surface area (Å²) in [5.74, 6) is -0.378. The number of hydrogen-bond acceptors (Lipinski definition) is 14. The number of nitrogens with zero attached hydrogens (tertiary/aromatic N) is 9. The number of H-pyrrole nitrogens is 3. The molecule has 0 atom stereocenters. The highest BCUT2D eigenvalue weighted by Crippen LogP contribution is 2.36. The van der Waals surface area contributed by atoms with Crippen molar-refractivity contribution < 1.29 is 34.8 Å². The van der Waals surface area contributed by atoms with E-state index in [0.29, 0.717) is 73.4 Å². The van der Waals surface area contributed by atoms with E-state index in [9.17, 15) is 34.8 Å². The largest absolute Gasteiger partial charge is 0.385 e. The van der Waals surface area contributed by atoms with E-state index in [0.717, 1.165) is 18.4 Å². The van der Waals surface area contributed by atoms with Crippen molar-refractivity contribution in [1.82, 2.24) is 63.8 Å². The number of aryl methyl sites for hydroxylation is 1. The van der Waals surface area contributed by atoms with Crippen LogP contribution in [0.2, 0.25) is 10.0 Å². The van der Waals surface area contributed by atoms with Gasteiger partial charge in [-0.05, 0) is 124 Å². The number of aromatic nitrogens is 9. The summed E-state index contributed by atoms with van der Waals surface area (Å²) in [6.07, 6.45) is 6.83. The normalized spacial score (nSPS) is 16.3. The Hall–Kier alpha value is -5.54. The zero-order valence-corrected chi connectivity index (χ0v) is 41.8. The summed E-state index contributed by atoms with van der Waals surface area (Å²) in [6, 6.07) is 19.4. The molecule has 26 heteroatoms. The first-order valence-electron chi connectivity index (χ1n) is 21.7. The van der Waals surface area contributed by atoms with Crippen LogP contribution in [0, 0.1) is 12.7 Å². The van der Waals surface area contributed by atoms with Gasteiger partial charge in [-0.3, -0.25) is 15.3 Å². The average molecular weight is 1060 g/mol. The average Bonchev–Trinajstić information content (AvgIpc) is 4.10. The van der Waals surface area contributed by atoms with Gasteiger partial charge in [0, 0.05) is 67.4 Å². The topological polar surface area (TPSA) is 269 Å². The van der Waals surface area contributed by atoms with Crippen LogP contribution in [0.5, 0.6) is 0 Å². The maximum Gasteiger partial charge on any atom is 0.260 e. The first-order chi connectivity index (χ1) is 33.3. The second-order valence-electron chi connectivity index (χ2n) is 16.8. The number of hydrogen-bond donors (Lipinski definition) is 5. The highest BCUT2D eigenvalue weighted by molar-refractivity contribution is 7.90. The summed E-state index contributed by atoms with van der Waals surface area (Å²) < 4.78 is 94.9. The van der Waals surface area contributed by atoms with Crippen molar-refractivity contribution in [2.45, 2.75) is 65.9 Å². The summed E-state index contributed by atoms with van der Waals surface area (Å²) in [7, 11) is -7.04. The molecular formula is C44H48Cl2FN13O7S3. The minimum Gasteiger partial charge on any atom is -0.385 e. The second-order valence-corrected chi connectivity index (χ2v) is 23.1. The summed E-state index contributed by atoms with van der Waals surface area (Å²) in [4.78, 5) is 14.3. The first kappa shape index (κ1) is 50.8. The summed E-state index contributed by atoms with van der Waals surface area (Å²) >= 11 is 12.0. The van der Waals surface area contributed by atoms with Crippen molar-refractivity contribution in [3.8, 4) is 0 Å². The number of sulfonamides is 3. The van der Waals surface area contributed by atoms with Crippen LogP contribution in [0.4, 0.5) is 4.39 Å². The fraction of sp³-hybridized carbons (Fsp3) is 0.318. The number of fused-ring (bicyclic) bond motifs is 3. The summed E-state index contributed by atoms with van der Waals surface area (Å²) in [5, 5.41) is 32.8. The molecule has 2 aliphatic heterocycles. The Morgan fingerprint density at radius 1 is 0.714 bits per heavy atom. The quantitative estimate of drug-likeness (QED) is 0.113. The number of nitrogens with one attached hydrogen (secondary N) is 4. The fourth-order valence-electron chi connectivity index (χ4n) is 8.28.